The number of pyridine rings is 2. The fourth-order valence-electron chi connectivity index (χ4n) is 3.74. The molecule has 5 aromatic rings. The lowest BCUT2D eigenvalue weighted by Gasteiger charge is -2.10. The van der Waals surface area contributed by atoms with Crippen LogP contribution in [-0.2, 0) is 13.1 Å². The van der Waals surface area contributed by atoms with Crippen LogP contribution in [0.25, 0.3) is 22.6 Å². The van der Waals surface area contributed by atoms with Gasteiger partial charge in [0, 0.05) is 37.9 Å². The molecule has 0 aliphatic carbocycles. The molecule has 0 saturated heterocycles. The average Bonchev–Trinajstić information content (AvgIpc) is 3.46. The van der Waals surface area contributed by atoms with Crippen molar-refractivity contribution in [2.45, 2.75) is 26.9 Å². The van der Waals surface area contributed by atoms with Crippen molar-refractivity contribution in [2.75, 3.05) is 17.6 Å². The molecule has 0 bridgehead atoms. The third-order valence-electron chi connectivity index (χ3n) is 5.32. The molecule has 0 saturated carbocycles. The maximum Gasteiger partial charge on any atom is 0.177 e. The number of fused-ring (bicyclic) bond motifs is 1. The summed E-state index contributed by atoms with van der Waals surface area (Å²) in [5, 5.41) is 3.09. The van der Waals surface area contributed by atoms with Crippen molar-refractivity contribution in [1.82, 2.24) is 29.1 Å². The summed E-state index contributed by atoms with van der Waals surface area (Å²) < 4.78 is 31.4. The summed E-state index contributed by atoms with van der Waals surface area (Å²) in [4.78, 5) is 17.0. The van der Waals surface area contributed by atoms with Crippen molar-refractivity contribution in [2.24, 2.45) is 0 Å². The Bertz CT molecular complexity index is 1430. The fraction of sp³-hybridized carbons (Fsp3) is 0.200. The number of aromatic nitrogens is 6. The minimum absolute atomic E-state index is 0.127. The molecule has 0 aliphatic heterocycles. The monoisotopic (exact) mass is 476 g/mol. The molecule has 1 aromatic carbocycles. The van der Waals surface area contributed by atoms with Gasteiger partial charge in [0.05, 0.1) is 23.3 Å². The van der Waals surface area contributed by atoms with Gasteiger partial charge in [0.15, 0.2) is 5.65 Å². The zero-order valence-corrected chi connectivity index (χ0v) is 19.5. The summed E-state index contributed by atoms with van der Waals surface area (Å²) >= 11 is 0. The molecular weight excluding hydrogens is 450 g/mol. The molecule has 0 aliphatic rings. The van der Waals surface area contributed by atoms with Gasteiger partial charge in [0.25, 0.3) is 0 Å². The molecule has 0 spiro atoms. The van der Waals surface area contributed by atoms with Crippen molar-refractivity contribution >= 4 is 22.7 Å². The van der Waals surface area contributed by atoms with Gasteiger partial charge < -0.3 is 20.2 Å². The summed E-state index contributed by atoms with van der Waals surface area (Å²) in [6.45, 7) is 6.03. The van der Waals surface area contributed by atoms with E-state index in [1.807, 2.05) is 42.7 Å². The van der Waals surface area contributed by atoms with Gasteiger partial charge in [-0.25, -0.2) is 28.7 Å². The SMILES string of the molecule is CCNc1cccnc1N.CCn1c(Cn2ccnc2-c2cc(F)ccc2F)nc2ncccc21. The molecule has 0 atom stereocenters. The molecular formula is C25H26F2N8. The van der Waals surface area contributed by atoms with E-state index in [4.69, 9.17) is 5.73 Å². The lowest BCUT2D eigenvalue weighted by molar-refractivity contribution is 0.599. The Morgan fingerprint density at radius 2 is 1.77 bits per heavy atom. The Labute approximate surface area is 201 Å². The summed E-state index contributed by atoms with van der Waals surface area (Å²) in [5.74, 6) is 0.687. The lowest BCUT2D eigenvalue weighted by Crippen LogP contribution is -2.09. The number of hydrogen-bond acceptors (Lipinski definition) is 6. The number of anilines is 2. The first-order valence-corrected chi connectivity index (χ1v) is 11.2. The molecule has 0 amide bonds. The number of benzene rings is 1. The quantitative estimate of drug-likeness (QED) is 0.367. The summed E-state index contributed by atoms with van der Waals surface area (Å²) in [5.41, 5.74) is 8.18. The minimum Gasteiger partial charge on any atom is -0.382 e. The first-order valence-electron chi connectivity index (χ1n) is 11.2. The van der Waals surface area contributed by atoms with Gasteiger partial charge in [-0.2, -0.15) is 0 Å². The zero-order valence-electron chi connectivity index (χ0n) is 19.5. The standard InChI is InChI=1S/C18H15F2N5.C7H11N3/c1-2-25-15-4-3-7-21-17(15)23-16(25)11-24-9-8-22-18(24)13-10-12(19)5-6-14(13)20;1-2-9-6-4-3-5-10-7(6)8/h3-10H,2,11H2,1H3;3-5,9H,2H2,1H3,(H2,8,10). The maximum atomic E-state index is 14.1. The highest BCUT2D eigenvalue weighted by Crippen LogP contribution is 2.24. The van der Waals surface area contributed by atoms with E-state index >= 15 is 0 Å². The number of nitrogens with zero attached hydrogens (tertiary/aromatic N) is 6. The number of hydrogen-bond donors (Lipinski definition) is 2. The number of nitrogens with two attached hydrogens (primary N) is 1. The number of nitrogen functional groups attached to an aromatic ring is 1. The molecule has 0 fully saturated rings. The largest absolute Gasteiger partial charge is 0.382 e. The van der Waals surface area contributed by atoms with Crippen LogP contribution in [0.4, 0.5) is 20.3 Å². The van der Waals surface area contributed by atoms with Crippen LogP contribution in [0, 0.1) is 11.6 Å². The predicted molar refractivity (Wildman–Crippen MR) is 133 cm³/mol. The Kier molecular flexibility index (Phi) is 7.30. The van der Waals surface area contributed by atoms with Gasteiger partial charge in [-0.3, -0.25) is 0 Å². The van der Waals surface area contributed by atoms with Gasteiger partial charge in [0.1, 0.15) is 29.1 Å². The normalized spacial score (nSPS) is 10.7. The number of rotatable bonds is 6. The second kappa shape index (κ2) is 10.7. The first kappa shape index (κ1) is 23.8. The molecule has 0 unspecified atom stereocenters. The van der Waals surface area contributed by atoms with Gasteiger partial charge >= 0.3 is 0 Å². The molecule has 5 rings (SSSR count). The molecule has 10 heteroatoms. The van der Waals surface area contributed by atoms with Crippen molar-refractivity contribution in [3.05, 3.63) is 84.7 Å². The topological polar surface area (TPSA) is 99.5 Å². The number of imidazole rings is 2. The van der Waals surface area contributed by atoms with E-state index < -0.39 is 11.6 Å². The fourth-order valence-corrected chi connectivity index (χ4v) is 3.74. The van der Waals surface area contributed by atoms with Crippen LogP contribution >= 0.6 is 0 Å². The van der Waals surface area contributed by atoms with Crippen molar-refractivity contribution in [1.29, 1.82) is 0 Å². The first-order chi connectivity index (χ1) is 17.0. The Morgan fingerprint density at radius 3 is 2.54 bits per heavy atom. The van der Waals surface area contributed by atoms with Crippen molar-refractivity contribution in [3.8, 4) is 11.4 Å². The van der Waals surface area contributed by atoms with Gasteiger partial charge in [-0.05, 0) is 56.3 Å². The van der Waals surface area contributed by atoms with Crippen LogP contribution in [0.1, 0.15) is 19.7 Å². The molecule has 8 nitrogen and oxygen atoms in total. The third kappa shape index (κ3) is 5.26. The van der Waals surface area contributed by atoms with Crippen LogP contribution in [0.15, 0.2) is 67.3 Å². The minimum atomic E-state index is -0.514. The van der Waals surface area contributed by atoms with E-state index in [0.717, 1.165) is 48.3 Å². The highest BCUT2D eigenvalue weighted by molar-refractivity contribution is 5.71. The van der Waals surface area contributed by atoms with Gasteiger partial charge in [0.2, 0.25) is 0 Å². The van der Waals surface area contributed by atoms with E-state index in [-0.39, 0.29) is 5.56 Å². The van der Waals surface area contributed by atoms with Crippen LogP contribution in [0.2, 0.25) is 0 Å². The van der Waals surface area contributed by atoms with Crippen LogP contribution < -0.4 is 11.1 Å². The Balaban J connectivity index is 0.000000243. The second-order valence-electron chi connectivity index (χ2n) is 7.59. The third-order valence-corrected chi connectivity index (χ3v) is 5.32. The Hall–Kier alpha value is -4.34. The molecule has 180 valence electrons. The molecule has 4 heterocycles. The van der Waals surface area contributed by atoms with Crippen LogP contribution in [0.5, 0.6) is 0 Å². The van der Waals surface area contributed by atoms with E-state index in [1.54, 1.807) is 29.4 Å². The predicted octanol–water partition coefficient (Wildman–Crippen LogP) is 4.74. The molecule has 0 radical (unpaired) electrons. The maximum absolute atomic E-state index is 14.1. The highest BCUT2D eigenvalue weighted by atomic mass is 19.1. The Morgan fingerprint density at radius 1 is 0.971 bits per heavy atom. The highest BCUT2D eigenvalue weighted by Gasteiger charge is 2.16. The van der Waals surface area contributed by atoms with E-state index in [1.165, 1.54) is 0 Å². The summed E-state index contributed by atoms with van der Waals surface area (Å²) in [6.07, 6.45) is 6.67. The second-order valence-corrected chi connectivity index (χ2v) is 7.59. The zero-order chi connectivity index (χ0) is 24.8. The number of nitrogens with one attached hydrogen (secondary N) is 1. The number of halogens is 2. The molecule has 35 heavy (non-hydrogen) atoms. The lowest BCUT2D eigenvalue weighted by atomic mass is 10.2. The number of aryl methyl sites for hydroxylation is 1. The van der Waals surface area contributed by atoms with Crippen LogP contribution in [-0.4, -0.2) is 35.6 Å². The van der Waals surface area contributed by atoms with Crippen molar-refractivity contribution in [3.63, 3.8) is 0 Å². The van der Waals surface area contributed by atoms with E-state index in [9.17, 15) is 8.78 Å². The van der Waals surface area contributed by atoms with E-state index in [2.05, 4.69) is 25.3 Å². The van der Waals surface area contributed by atoms with Crippen LogP contribution in [0.3, 0.4) is 0 Å². The smallest absolute Gasteiger partial charge is 0.177 e. The average molecular weight is 477 g/mol. The summed E-state index contributed by atoms with van der Waals surface area (Å²) in [6, 6.07) is 10.9. The summed E-state index contributed by atoms with van der Waals surface area (Å²) in [7, 11) is 0. The van der Waals surface area contributed by atoms with Crippen molar-refractivity contribution < 1.29 is 8.78 Å². The molecule has 3 N–H and O–H groups in total. The van der Waals surface area contributed by atoms with Gasteiger partial charge in [-0.15, -0.1) is 0 Å². The molecule has 4 aromatic heterocycles. The van der Waals surface area contributed by atoms with E-state index in [0.29, 0.717) is 23.8 Å². The van der Waals surface area contributed by atoms with Gasteiger partial charge in [-0.1, -0.05) is 0 Å².